The molecule has 0 heterocycles. The molecule has 2 aromatic carbocycles. The molecule has 0 aliphatic rings. The number of allylic oxidation sites excluding steroid dienone is 2. The number of amidine groups is 1. The molecule has 120 valence electrons. The van der Waals surface area contributed by atoms with E-state index in [0.29, 0.717) is 27.1 Å². The van der Waals surface area contributed by atoms with Crippen molar-refractivity contribution in [1.82, 2.24) is 0 Å². The molecule has 0 amide bonds. The van der Waals surface area contributed by atoms with Gasteiger partial charge in [0.1, 0.15) is 24.0 Å². The largest absolute Gasteiger partial charge is 0.340 e. The van der Waals surface area contributed by atoms with Crippen molar-refractivity contribution in [2.75, 3.05) is 5.32 Å². The van der Waals surface area contributed by atoms with Crippen LogP contribution in [0.25, 0.3) is 0 Å². The molecule has 25 heavy (non-hydrogen) atoms. The van der Waals surface area contributed by atoms with E-state index in [0.717, 1.165) is 0 Å². The second kappa shape index (κ2) is 8.52. The summed E-state index contributed by atoms with van der Waals surface area (Å²) in [5.74, 6) is 0.290. The summed E-state index contributed by atoms with van der Waals surface area (Å²) in [6, 6.07) is 19.0. The third kappa shape index (κ3) is 4.59. The van der Waals surface area contributed by atoms with Gasteiger partial charge in [-0.05, 0) is 18.2 Å². The van der Waals surface area contributed by atoms with E-state index in [1.54, 1.807) is 60.7 Å². The van der Waals surface area contributed by atoms with Gasteiger partial charge in [-0.3, -0.25) is 0 Å². The normalized spacial score (nSPS) is 10.1. The van der Waals surface area contributed by atoms with Gasteiger partial charge in [-0.15, -0.1) is 0 Å². The average molecular weight is 366 g/mol. The van der Waals surface area contributed by atoms with Crippen LogP contribution in [0.1, 0.15) is 5.56 Å². The van der Waals surface area contributed by atoms with E-state index in [2.05, 4.69) is 10.3 Å². The van der Waals surface area contributed by atoms with Crippen molar-refractivity contribution >= 4 is 34.7 Å². The predicted octanol–water partition coefficient (Wildman–Crippen LogP) is 4.68. The van der Waals surface area contributed by atoms with Gasteiger partial charge in [-0.1, -0.05) is 53.5 Å². The smallest absolute Gasteiger partial charge is 0.171 e. The van der Waals surface area contributed by atoms with Crippen LogP contribution in [-0.2, 0) is 0 Å². The summed E-state index contributed by atoms with van der Waals surface area (Å²) in [7, 11) is 0. The fourth-order valence-electron chi connectivity index (χ4n) is 1.85. The van der Waals surface area contributed by atoms with Crippen LogP contribution in [0.4, 0.5) is 5.69 Å². The fourth-order valence-corrected chi connectivity index (χ4v) is 2.15. The standard InChI is InChI=1S/C18H9Cl2N5/c19-15-7-6-14(8-16(15)20)24-18(12-4-2-1-3-5-12)25-17(11-23)13(9-21)10-22/h1-8H,(H,24,25). The zero-order chi connectivity index (χ0) is 18.2. The highest BCUT2D eigenvalue weighted by Gasteiger charge is 2.10. The van der Waals surface area contributed by atoms with Gasteiger partial charge in [-0.25, -0.2) is 4.99 Å². The Hall–Kier alpha value is -3.30. The Morgan fingerprint density at radius 1 is 0.880 bits per heavy atom. The zero-order valence-electron chi connectivity index (χ0n) is 12.7. The van der Waals surface area contributed by atoms with Crippen LogP contribution in [0.2, 0.25) is 10.0 Å². The summed E-state index contributed by atoms with van der Waals surface area (Å²) >= 11 is 11.9. The zero-order valence-corrected chi connectivity index (χ0v) is 14.2. The van der Waals surface area contributed by atoms with Crippen LogP contribution >= 0.6 is 23.2 Å². The summed E-state index contributed by atoms with van der Waals surface area (Å²) in [5, 5.41) is 30.9. The number of benzene rings is 2. The van der Waals surface area contributed by atoms with E-state index < -0.39 is 0 Å². The first-order valence-electron chi connectivity index (χ1n) is 6.89. The van der Waals surface area contributed by atoms with Gasteiger partial charge >= 0.3 is 0 Å². The molecule has 0 saturated carbocycles. The summed E-state index contributed by atoms with van der Waals surface area (Å²) < 4.78 is 0. The number of hydrogen-bond donors (Lipinski definition) is 1. The van der Waals surface area contributed by atoms with Gasteiger partial charge in [0.15, 0.2) is 11.3 Å². The number of nitriles is 3. The Morgan fingerprint density at radius 2 is 1.56 bits per heavy atom. The number of aliphatic imine (C=N–C) groups is 1. The summed E-state index contributed by atoms with van der Waals surface area (Å²) in [6.45, 7) is 0. The minimum Gasteiger partial charge on any atom is -0.340 e. The van der Waals surface area contributed by atoms with Crippen LogP contribution < -0.4 is 5.32 Å². The molecule has 7 heteroatoms. The second-order valence-corrected chi connectivity index (χ2v) is 5.45. The number of anilines is 1. The number of hydrogen-bond acceptors (Lipinski definition) is 4. The van der Waals surface area contributed by atoms with Gasteiger partial charge < -0.3 is 5.32 Å². The molecule has 0 atom stereocenters. The summed E-state index contributed by atoms with van der Waals surface area (Å²) in [6.07, 6.45) is 0. The Balaban J connectivity index is 2.55. The maximum Gasteiger partial charge on any atom is 0.171 e. The van der Waals surface area contributed by atoms with Gasteiger partial charge in [-0.2, -0.15) is 15.8 Å². The van der Waals surface area contributed by atoms with Crippen molar-refractivity contribution in [2.45, 2.75) is 0 Å². The van der Waals surface area contributed by atoms with Crippen molar-refractivity contribution in [3.63, 3.8) is 0 Å². The second-order valence-electron chi connectivity index (χ2n) is 4.64. The molecule has 0 bridgehead atoms. The average Bonchev–Trinajstić information content (AvgIpc) is 2.64. The van der Waals surface area contributed by atoms with Crippen molar-refractivity contribution < 1.29 is 0 Å². The number of rotatable bonds is 3. The van der Waals surface area contributed by atoms with Gasteiger partial charge in [0.2, 0.25) is 0 Å². The molecule has 0 aromatic heterocycles. The fraction of sp³-hybridized carbons (Fsp3) is 0. The Morgan fingerprint density at radius 3 is 2.12 bits per heavy atom. The van der Waals surface area contributed by atoms with Crippen LogP contribution in [0, 0.1) is 34.0 Å². The molecule has 0 spiro atoms. The van der Waals surface area contributed by atoms with Gasteiger partial charge in [0, 0.05) is 11.3 Å². The van der Waals surface area contributed by atoms with Crippen LogP contribution in [0.15, 0.2) is 64.8 Å². The highest BCUT2D eigenvalue weighted by atomic mass is 35.5. The third-order valence-electron chi connectivity index (χ3n) is 3.02. The van der Waals surface area contributed by atoms with Crippen LogP contribution in [0.5, 0.6) is 0 Å². The lowest BCUT2D eigenvalue weighted by Crippen LogP contribution is -2.14. The summed E-state index contributed by atoms with van der Waals surface area (Å²) in [4.78, 5) is 4.16. The Kier molecular flexibility index (Phi) is 6.15. The number of nitrogens with zero attached hydrogens (tertiary/aromatic N) is 4. The minimum atomic E-state index is -0.369. The van der Waals surface area contributed by atoms with Gasteiger partial charge in [0.05, 0.1) is 10.0 Å². The predicted molar refractivity (Wildman–Crippen MR) is 96.9 cm³/mol. The van der Waals surface area contributed by atoms with Crippen molar-refractivity contribution in [3.8, 4) is 18.2 Å². The number of halogens is 2. The molecule has 2 rings (SSSR count). The molecule has 2 aromatic rings. The topological polar surface area (TPSA) is 95.8 Å². The molecule has 1 N–H and O–H groups in total. The monoisotopic (exact) mass is 365 g/mol. The molecule has 0 radical (unpaired) electrons. The van der Waals surface area contributed by atoms with Crippen molar-refractivity contribution in [1.29, 1.82) is 15.8 Å². The lowest BCUT2D eigenvalue weighted by molar-refractivity contribution is 1.32. The third-order valence-corrected chi connectivity index (χ3v) is 3.76. The van der Waals surface area contributed by atoms with E-state index >= 15 is 0 Å². The van der Waals surface area contributed by atoms with E-state index in [-0.39, 0.29) is 11.3 Å². The quantitative estimate of drug-likeness (QED) is 0.485. The van der Waals surface area contributed by atoms with E-state index in [9.17, 15) is 5.26 Å². The van der Waals surface area contributed by atoms with Crippen LogP contribution in [0.3, 0.4) is 0 Å². The highest BCUT2D eigenvalue weighted by molar-refractivity contribution is 6.42. The van der Waals surface area contributed by atoms with Crippen molar-refractivity contribution in [2.24, 2.45) is 4.99 Å². The van der Waals surface area contributed by atoms with Crippen molar-refractivity contribution in [3.05, 3.63) is 75.4 Å². The minimum absolute atomic E-state index is 0.281. The SMILES string of the molecule is N#CC(C#N)=C(C#N)N=C(Nc1ccc(Cl)c(Cl)c1)c1ccccc1. The Bertz CT molecular complexity index is 957. The van der Waals surface area contributed by atoms with E-state index in [1.807, 2.05) is 6.07 Å². The maximum atomic E-state index is 9.22. The molecule has 0 saturated heterocycles. The molecular weight excluding hydrogens is 357 g/mol. The first-order valence-corrected chi connectivity index (χ1v) is 7.65. The molecule has 5 nitrogen and oxygen atoms in total. The highest BCUT2D eigenvalue weighted by Crippen LogP contribution is 2.25. The lowest BCUT2D eigenvalue weighted by Gasteiger charge is -2.11. The molecule has 0 fully saturated rings. The van der Waals surface area contributed by atoms with Crippen LogP contribution in [-0.4, -0.2) is 5.84 Å². The molecule has 0 unspecified atom stereocenters. The van der Waals surface area contributed by atoms with E-state index in [1.165, 1.54) is 0 Å². The maximum absolute atomic E-state index is 9.22. The van der Waals surface area contributed by atoms with E-state index in [4.69, 9.17) is 33.7 Å². The molecule has 0 aliphatic carbocycles. The first-order chi connectivity index (χ1) is 12.1. The molecule has 0 aliphatic heterocycles. The first kappa shape index (κ1) is 18.0. The lowest BCUT2D eigenvalue weighted by atomic mass is 10.2. The Labute approximate surface area is 154 Å². The van der Waals surface area contributed by atoms with Gasteiger partial charge in [0.25, 0.3) is 0 Å². The molecular formula is C18H9Cl2N5. The summed E-state index contributed by atoms with van der Waals surface area (Å²) in [5.41, 5.74) is 0.601. The number of nitrogens with one attached hydrogen (secondary N) is 1.